The van der Waals surface area contributed by atoms with Gasteiger partial charge >= 0.3 is 0 Å². The topological polar surface area (TPSA) is 43.8 Å². The summed E-state index contributed by atoms with van der Waals surface area (Å²) >= 11 is 3.39. The zero-order valence-corrected chi connectivity index (χ0v) is 9.34. The highest BCUT2D eigenvalue weighted by Crippen LogP contribution is 2.50. The summed E-state index contributed by atoms with van der Waals surface area (Å²) < 4.78 is 2.89. The second-order valence-electron chi connectivity index (χ2n) is 3.79. The molecule has 2 rings (SSSR count). The third-order valence-electron chi connectivity index (χ3n) is 2.87. The largest absolute Gasteiger partial charge is 0.330 e. The molecule has 0 spiro atoms. The van der Waals surface area contributed by atoms with E-state index in [1.165, 1.54) is 18.5 Å². The summed E-state index contributed by atoms with van der Waals surface area (Å²) in [4.78, 5) is 0. The van der Waals surface area contributed by atoms with E-state index < -0.39 is 0 Å². The summed E-state index contributed by atoms with van der Waals surface area (Å²) in [5, 5.41) is 4.29. The minimum atomic E-state index is 0.350. The summed E-state index contributed by atoms with van der Waals surface area (Å²) in [6.45, 7) is 0.767. The van der Waals surface area contributed by atoms with E-state index >= 15 is 0 Å². The fourth-order valence-corrected chi connectivity index (χ4v) is 2.44. The summed E-state index contributed by atoms with van der Waals surface area (Å²) in [6, 6.07) is 2.11. The van der Waals surface area contributed by atoms with Gasteiger partial charge in [0.25, 0.3) is 0 Å². The Morgan fingerprint density at radius 1 is 1.69 bits per heavy atom. The maximum absolute atomic E-state index is 5.61. The van der Waals surface area contributed by atoms with Crippen molar-refractivity contribution in [1.82, 2.24) is 9.78 Å². The molecule has 1 saturated carbocycles. The number of aryl methyl sites for hydroxylation is 1. The second kappa shape index (κ2) is 3.10. The third kappa shape index (κ3) is 1.53. The molecule has 1 aliphatic rings. The Hall–Kier alpha value is -0.350. The number of nitrogens with zero attached hydrogens (tertiary/aromatic N) is 2. The van der Waals surface area contributed by atoms with Gasteiger partial charge in [0.05, 0.1) is 0 Å². The van der Waals surface area contributed by atoms with E-state index in [1.807, 2.05) is 11.7 Å². The molecule has 1 heterocycles. The Labute approximate surface area is 86.4 Å². The van der Waals surface area contributed by atoms with Crippen LogP contribution in [0.4, 0.5) is 0 Å². The Kier molecular flexibility index (Phi) is 2.20. The van der Waals surface area contributed by atoms with Crippen molar-refractivity contribution in [3.8, 4) is 0 Å². The van der Waals surface area contributed by atoms with Gasteiger partial charge in [-0.05, 0) is 47.8 Å². The molecule has 0 saturated heterocycles. The van der Waals surface area contributed by atoms with Gasteiger partial charge in [-0.15, -0.1) is 0 Å². The first kappa shape index (κ1) is 9.21. The molecule has 4 heteroatoms. The van der Waals surface area contributed by atoms with Crippen molar-refractivity contribution in [2.24, 2.45) is 12.8 Å². The molecule has 2 N–H and O–H groups in total. The second-order valence-corrected chi connectivity index (χ2v) is 4.61. The van der Waals surface area contributed by atoms with Gasteiger partial charge in [-0.1, -0.05) is 0 Å². The first-order chi connectivity index (χ1) is 6.18. The van der Waals surface area contributed by atoms with Crippen molar-refractivity contribution in [1.29, 1.82) is 0 Å². The van der Waals surface area contributed by atoms with Crippen LogP contribution in [0.15, 0.2) is 10.7 Å². The predicted molar refractivity (Wildman–Crippen MR) is 55.5 cm³/mol. The van der Waals surface area contributed by atoms with Gasteiger partial charge in [-0.3, -0.25) is 4.68 Å². The highest BCUT2D eigenvalue weighted by Gasteiger charge is 2.45. The zero-order valence-electron chi connectivity index (χ0n) is 7.76. The number of halogens is 1. The van der Waals surface area contributed by atoms with Crippen LogP contribution >= 0.6 is 15.9 Å². The van der Waals surface area contributed by atoms with Crippen LogP contribution in [0.1, 0.15) is 25.0 Å². The van der Waals surface area contributed by atoms with E-state index in [4.69, 9.17) is 5.73 Å². The average Bonchev–Trinajstić information content (AvgIpc) is 2.74. The smallest absolute Gasteiger partial charge is 0.128 e. The van der Waals surface area contributed by atoms with E-state index in [0.717, 1.165) is 17.6 Å². The van der Waals surface area contributed by atoms with E-state index in [2.05, 4.69) is 27.1 Å². The molecule has 3 nitrogen and oxygen atoms in total. The fourth-order valence-electron chi connectivity index (χ4n) is 1.99. The van der Waals surface area contributed by atoms with Gasteiger partial charge in [0.15, 0.2) is 0 Å². The number of aromatic nitrogens is 2. The maximum atomic E-state index is 5.61. The van der Waals surface area contributed by atoms with Gasteiger partial charge in [0.1, 0.15) is 4.60 Å². The van der Waals surface area contributed by atoms with Crippen molar-refractivity contribution in [3.63, 3.8) is 0 Å². The molecule has 1 aliphatic carbocycles. The Morgan fingerprint density at radius 2 is 2.38 bits per heavy atom. The molecule has 0 radical (unpaired) electrons. The number of hydrogen-bond acceptors (Lipinski definition) is 2. The fraction of sp³-hybridized carbons (Fsp3) is 0.667. The van der Waals surface area contributed by atoms with Gasteiger partial charge in [0.2, 0.25) is 0 Å². The maximum Gasteiger partial charge on any atom is 0.128 e. The lowest BCUT2D eigenvalue weighted by atomic mass is 9.98. The molecule has 0 aromatic carbocycles. The van der Waals surface area contributed by atoms with E-state index in [0.29, 0.717) is 5.41 Å². The van der Waals surface area contributed by atoms with E-state index in [9.17, 15) is 0 Å². The molecule has 1 aromatic rings. The molecule has 1 fully saturated rings. The molecule has 1 aromatic heterocycles. The molecular weight excluding hydrogens is 230 g/mol. The zero-order chi connectivity index (χ0) is 9.47. The Balaban J connectivity index is 2.29. The van der Waals surface area contributed by atoms with Gasteiger partial charge < -0.3 is 5.73 Å². The first-order valence-electron chi connectivity index (χ1n) is 4.58. The standard InChI is InChI=1S/C9H14BrN3/c1-13-7(6-8(10)12-13)9(2-3-9)4-5-11/h6H,2-5,11H2,1H3. The molecular formula is C9H14BrN3. The lowest BCUT2D eigenvalue weighted by Gasteiger charge is -2.13. The average molecular weight is 244 g/mol. The van der Waals surface area contributed by atoms with E-state index in [-0.39, 0.29) is 0 Å². The SMILES string of the molecule is Cn1nc(Br)cc1C1(CCN)CC1. The van der Waals surface area contributed by atoms with Gasteiger partial charge in [-0.2, -0.15) is 5.10 Å². The number of rotatable bonds is 3. The molecule has 0 amide bonds. The van der Waals surface area contributed by atoms with Crippen molar-refractivity contribution in [2.45, 2.75) is 24.7 Å². The summed E-state index contributed by atoms with van der Waals surface area (Å²) in [5.41, 5.74) is 7.28. The van der Waals surface area contributed by atoms with Gasteiger partial charge in [-0.25, -0.2) is 0 Å². The van der Waals surface area contributed by atoms with Crippen molar-refractivity contribution in [3.05, 3.63) is 16.4 Å². The summed E-state index contributed by atoms with van der Waals surface area (Å²) in [7, 11) is 2.00. The van der Waals surface area contributed by atoms with Crippen LogP contribution in [0.5, 0.6) is 0 Å². The molecule has 0 bridgehead atoms. The van der Waals surface area contributed by atoms with E-state index in [1.54, 1.807) is 0 Å². The Bertz CT molecular complexity index is 315. The lowest BCUT2D eigenvalue weighted by Crippen LogP contribution is -2.16. The minimum absolute atomic E-state index is 0.350. The van der Waals surface area contributed by atoms with Crippen LogP contribution in [0.3, 0.4) is 0 Å². The highest BCUT2D eigenvalue weighted by molar-refractivity contribution is 9.10. The van der Waals surface area contributed by atoms with Crippen LogP contribution in [0.25, 0.3) is 0 Å². The number of nitrogens with two attached hydrogens (primary N) is 1. The van der Waals surface area contributed by atoms with Crippen LogP contribution in [0.2, 0.25) is 0 Å². The number of hydrogen-bond donors (Lipinski definition) is 1. The highest BCUT2D eigenvalue weighted by atomic mass is 79.9. The van der Waals surface area contributed by atoms with Crippen LogP contribution in [0, 0.1) is 0 Å². The van der Waals surface area contributed by atoms with Crippen LogP contribution in [-0.2, 0) is 12.5 Å². The molecule has 0 aliphatic heterocycles. The Morgan fingerprint density at radius 3 is 2.77 bits per heavy atom. The monoisotopic (exact) mass is 243 g/mol. The summed E-state index contributed by atoms with van der Waals surface area (Å²) in [6.07, 6.45) is 3.60. The van der Waals surface area contributed by atoms with Crippen LogP contribution < -0.4 is 5.73 Å². The third-order valence-corrected chi connectivity index (χ3v) is 3.26. The van der Waals surface area contributed by atoms with Crippen molar-refractivity contribution in [2.75, 3.05) is 6.54 Å². The normalized spacial score (nSPS) is 19.0. The lowest BCUT2D eigenvalue weighted by molar-refractivity contribution is 0.560. The summed E-state index contributed by atoms with van der Waals surface area (Å²) in [5.74, 6) is 0. The molecule has 72 valence electrons. The molecule has 0 unspecified atom stereocenters. The predicted octanol–water partition coefficient (Wildman–Crippen LogP) is 1.56. The minimum Gasteiger partial charge on any atom is -0.330 e. The first-order valence-corrected chi connectivity index (χ1v) is 5.37. The molecule has 13 heavy (non-hydrogen) atoms. The quantitative estimate of drug-likeness (QED) is 0.876. The van der Waals surface area contributed by atoms with Crippen LogP contribution in [-0.4, -0.2) is 16.3 Å². The molecule has 0 atom stereocenters. The van der Waals surface area contributed by atoms with Crippen molar-refractivity contribution >= 4 is 15.9 Å². The van der Waals surface area contributed by atoms with Crippen molar-refractivity contribution < 1.29 is 0 Å². The van der Waals surface area contributed by atoms with Gasteiger partial charge in [0, 0.05) is 18.2 Å².